The first-order valence-corrected chi connectivity index (χ1v) is 19.6. The number of hydrogen-bond donors (Lipinski definition) is 8. The summed E-state index contributed by atoms with van der Waals surface area (Å²) in [5.41, 5.74) is 0. The first-order valence-electron chi connectivity index (χ1n) is 19.6. The van der Waals surface area contributed by atoms with Crippen LogP contribution in [0.1, 0.15) is 155 Å². The van der Waals surface area contributed by atoms with E-state index in [1.165, 1.54) is 44.9 Å². The smallest absolute Gasteiger partial charge is 0.249 e. The normalized spacial score (nSPS) is 23.8. The van der Waals surface area contributed by atoms with E-state index in [1.54, 1.807) is 0 Å². The molecule has 290 valence electrons. The number of nitrogens with one attached hydrogen (secondary N) is 1. The Kier molecular flexibility index (Phi) is 27.6. The third-order valence-corrected chi connectivity index (χ3v) is 9.57. The van der Waals surface area contributed by atoms with Crippen LogP contribution < -0.4 is 5.32 Å². The fraction of sp³-hybridized carbons (Fsp3) is 0.921. The number of carbonyl (C=O) groups excluding carboxylic acids is 1. The molecule has 0 radical (unpaired) electrons. The zero-order valence-corrected chi connectivity index (χ0v) is 30.7. The van der Waals surface area contributed by atoms with Crippen molar-refractivity contribution < 1.29 is 50.0 Å². The minimum Gasteiger partial charge on any atom is -0.394 e. The van der Waals surface area contributed by atoms with Crippen LogP contribution in [0.25, 0.3) is 0 Å². The average molecular weight is 704 g/mol. The van der Waals surface area contributed by atoms with Crippen molar-refractivity contribution in [1.82, 2.24) is 5.32 Å². The van der Waals surface area contributed by atoms with Gasteiger partial charge >= 0.3 is 0 Å². The monoisotopic (exact) mass is 704 g/mol. The van der Waals surface area contributed by atoms with Crippen molar-refractivity contribution in [3.05, 3.63) is 12.2 Å². The molecule has 11 nitrogen and oxygen atoms in total. The summed E-state index contributed by atoms with van der Waals surface area (Å²) in [5, 5.41) is 74.9. The van der Waals surface area contributed by atoms with E-state index >= 15 is 0 Å². The lowest BCUT2D eigenvalue weighted by Crippen LogP contribution is -2.60. The quantitative estimate of drug-likeness (QED) is 0.0376. The summed E-state index contributed by atoms with van der Waals surface area (Å²) in [7, 11) is 0. The summed E-state index contributed by atoms with van der Waals surface area (Å²) in [6, 6.07) is -1.16. The van der Waals surface area contributed by atoms with Gasteiger partial charge in [-0.15, -0.1) is 0 Å². The van der Waals surface area contributed by atoms with Crippen LogP contribution in [0.15, 0.2) is 12.2 Å². The van der Waals surface area contributed by atoms with Gasteiger partial charge in [-0.25, -0.2) is 0 Å². The topological polar surface area (TPSA) is 189 Å². The molecule has 11 heteroatoms. The maximum absolute atomic E-state index is 12.9. The first-order chi connectivity index (χ1) is 23.7. The Hall–Kier alpha value is -1.15. The van der Waals surface area contributed by atoms with E-state index in [-0.39, 0.29) is 6.42 Å². The van der Waals surface area contributed by atoms with Crippen molar-refractivity contribution in [2.24, 2.45) is 0 Å². The molecule has 1 rings (SSSR count). The third-order valence-electron chi connectivity index (χ3n) is 9.57. The number of aliphatic hydroxyl groups excluding tert-OH is 7. The highest BCUT2D eigenvalue weighted by molar-refractivity contribution is 5.80. The van der Waals surface area contributed by atoms with Gasteiger partial charge in [-0.2, -0.15) is 0 Å². The van der Waals surface area contributed by atoms with Gasteiger partial charge in [0.2, 0.25) is 5.91 Å². The zero-order valence-electron chi connectivity index (χ0n) is 30.7. The standard InChI is InChI=1S/C38H73NO10/c1-3-5-7-9-11-12-13-14-15-16-17-18-19-20-22-24-26-31(42)37(47)39-29(33(43)30(41)25-23-21-10-8-6-4-2)28-48-38-36(46)35(45)34(44)32(27-40)49-38/h14-15,29-36,38,40-46H,3-13,16-28H2,1-2H3,(H,39,47)/b15-14-. The number of ether oxygens (including phenoxy) is 2. The van der Waals surface area contributed by atoms with Crippen molar-refractivity contribution in [2.75, 3.05) is 13.2 Å². The SMILES string of the molecule is CCCCCCCC/C=C\CCCCCCCCC(O)C(=O)NC(COC1OC(CO)C(O)C(O)C1O)C(O)C(O)CCCCCCCC. The van der Waals surface area contributed by atoms with Crippen molar-refractivity contribution in [2.45, 2.75) is 210 Å². The van der Waals surface area contributed by atoms with Gasteiger partial charge in [0.25, 0.3) is 0 Å². The van der Waals surface area contributed by atoms with Crippen molar-refractivity contribution >= 4 is 5.91 Å². The van der Waals surface area contributed by atoms with Gasteiger partial charge in [0, 0.05) is 0 Å². The minimum absolute atomic E-state index is 0.254. The van der Waals surface area contributed by atoms with E-state index < -0.39 is 74.2 Å². The summed E-state index contributed by atoms with van der Waals surface area (Å²) >= 11 is 0. The molecule has 1 amide bonds. The predicted molar refractivity (Wildman–Crippen MR) is 192 cm³/mol. The number of unbranched alkanes of at least 4 members (excludes halogenated alkanes) is 17. The molecule has 49 heavy (non-hydrogen) atoms. The molecule has 1 saturated heterocycles. The lowest BCUT2D eigenvalue weighted by molar-refractivity contribution is -0.303. The number of allylic oxidation sites excluding steroid dienone is 2. The number of aliphatic hydroxyl groups is 7. The molecular weight excluding hydrogens is 630 g/mol. The first kappa shape index (κ1) is 45.9. The number of amides is 1. The molecule has 9 unspecified atom stereocenters. The summed E-state index contributed by atoms with van der Waals surface area (Å²) in [4.78, 5) is 12.9. The van der Waals surface area contributed by atoms with Crippen molar-refractivity contribution in [1.29, 1.82) is 0 Å². The molecule has 9 atom stereocenters. The Morgan fingerprint density at radius 2 is 1.18 bits per heavy atom. The lowest BCUT2D eigenvalue weighted by atomic mass is 9.98. The largest absolute Gasteiger partial charge is 0.394 e. The molecule has 0 aromatic rings. The third kappa shape index (κ3) is 20.5. The summed E-state index contributed by atoms with van der Waals surface area (Å²) in [5.74, 6) is -0.707. The molecule has 0 spiro atoms. The van der Waals surface area contributed by atoms with Crippen LogP contribution in [0.5, 0.6) is 0 Å². The molecule has 0 bridgehead atoms. The minimum atomic E-state index is -1.66. The van der Waals surface area contributed by atoms with Crippen LogP contribution in [0.4, 0.5) is 0 Å². The maximum atomic E-state index is 12.9. The maximum Gasteiger partial charge on any atom is 0.249 e. The number of hydrogen-bond acceptors (Lipinski definition) is 10. The Morgan fingerprint density at radius 3 is 1.71 bits per heavy atom. The van der Waals surface area contributed by atoms with E-state index in [4.69, 9.17) is 9.47 Å². The van der Waals surface area contributed by atoms with E-state index in [2.05, 4.69) is 31.3 Å². The highest BCUT2D eigenvalue weighted by Gasteiger charge is 2.44. The van der Waals surface area contributed by atoms with Gasteiger partial charge in [-0.05, 0) is 38.5 Å². The number of carbonyl (C=O) groups is 1. The fourth-order valence-corrected chi connectivity index (χ4v) is 6.20. The molecule has 0 aromatic carbocycles. The van der Waals surface area contributed by atoms with Crippen LogP contribution in [-0.2, 0) is 14.3 Å². The molecule has 0 aliphatic carbocycles. The van der Waals surface area contributed by atoms with Gasteiger partial charge in [0.15, 0.2) is 6.29 Å². The van der Waals surface area contributed by atoms with E-state index in [9.17, 15) is 40.5 Å². The molecule has 1 aliphatic heterocycles. The second kappa shape index (κ2) is 29.4. The Balaban J connectivity index is 2.48. The Bertz CT molecular complexity index is 815. The van der Waals surface area contributed by atoms with Crippen molar-refractivity contribution in [3.8, 4) is 0 Å². The average Bonchev–Trinajstić information content (AvgIpc) is 3.10. The fourth-order valence-electron chi connectivity index (χ4n) is 6.20. The van der Waals surface area contributed by atoms with Crippen LogP contribution in [-0.4, -0.2) is 110 Å². The van der Waals surface area contributed by atoms with Gasteiger partial charge in [0.05, 0.1) is 25.4 Å². The molecule has 1 aliphatic rings. The predicted octanol–water partition coefficient (Wildman–Crippen LogP) is 4.55. The molecule has 1 heterocycles. The van der Waals surface area contributed by atoms with Crippen LogP contribution in [0.2, 0.25) is 0 Å². The molecular formula is C38H73NO10. The second-order valence-corrected chi connectivity index (χ2v) is 14.0. The van der Waals surface area contributed by atoms with Gasteiger partial charge in [-0.1, -0.05) is 129 Å². The van der Waals surface area contributed by atoms with E-state index in [1.807, 2.05) is 0 Å². The second-order valence-electron chi connectivity index (χ2n) is 14.0. The highest BCUT2D eigenvalue weighted by atomic mass is 16.7. The molecule has 8 N–H and O–H groups in total. The Morgan fingerprint density at radius 1 is 0.694 bits per heavy atom. The van der Waals surface area contributed by atoms with Gasteiger partial charge in [0.1, 0.15) is 36.6 Å². The van der Waals surface area contributed by atoms with Crippen molar-refractivity contribution in [3.63, 3.8) is 0 Å². The van der Waals surface area contributed by atoms with E-state index in [0.717, 1.165) is 70.6 Å². The number of rotatable bonds is 31. The zero-order chi connectivity index (χ0) is 36.3. The summed E-state index contributed by atoms with van der Waals surface area (Å²) < 4.78 is 11.0. The molecule has 1 fully saturated rings. The van der Waals surface area contributed by atoms with Crippen LogP contribution in [0.3, 0.4) is 0 Å². The van der Waals surface area contributed by atoms with Gasteiger partial charge in [-0.3, -0.25) is 4.79 Å². The lowest BCUT2D eigenvalue weighted by Gasteiger charge is -2.40. The Labute approximate surface area is 296 Å². The summed E-state index contributed by atoms with van der Waals surface area (Å²) in [6.07, 6.45) is 15.9. The highest BCUT2D eigenvalue weighted by Crippen LogP contribution is 2.23. The summed E-state index contributed by atoms with van der Waals surface area (Å²) in [6.45, 7) is 3.32. The molecule has 0 aromatic heterocycles. The van der Waals surface area contributed by atoms with Crippen LogP contribution in [0, 0.1) is 0 Å². The van der Waals surface area contributed by atoms with Gasteiger partial charge < -0.3 is 50.5 Å². The van der Waals surface area contributed by atoms with Crippen LogP contribution >= 0.6 is 0 Å². The molecule has 0 saturated carbocycles. The van der Waals surface area contributed by atoms with E-state index in [0.29, 0.717) is 19.3 Å².